The summed E-state index contributed by atoms with van der Waals surface area (Å²) in [6.45, 7) is 11.7. The normalized spacial score (nSPS) is 17.2. The van der Waals surface area contributed by atoms with Gasteiger partial charge in [-0.05, 0) is 53.0 Å². The van der Waals surface area contributed by atoms with E-state index in [4.69, 9.17) is 0 Å². The Labute approximate surface area is 107 Å². The minimum Gasteiger partial charge on any atom is -0.317 e. The summed E-state index contributed by atoms with van der Waals surface area (Å²) in [5.74, 6) is 1.18. The predicted molar refractivity (Wildman–Crippen MR) is 75.0 cm³/mol. The van der Waals surface area contributed by atoms with Gasteiger partial charge in [0, 0.05) is 6.04 Å². The van der Waals surface area contributed by atoms with E-state index in [9.17, 15) is 8.42 Å². The SMILES string of the molecule is CNC(C)C(CCS(=O)(=O)C(C)(C)C)C(C)C. The lowest BCUT2D eigenvalue weighted by atomic mass is 9.87. The monoisotopic (exact) mass is 263 g/mol. The standard InChI is InChI=1S/C13H29NO2S/c1-10(2)12(11(3)14-7)8-9-17(15,16)13(4,5)6/h10-12,14H,8-9H2,1-7H3. The van der Waals surface area contributed by atoms with Gasteiger partial charge in [0.05, 0.1) is 10.5 Å². The first-order valence-corrected chi connectivity index (χ1v) is 8.07. The number of sulfone groups is 1. The third-order valence-corrected chi connectivity index (χ3v) is 6.25. The van der Waals surface area contributed by atoms with Gasteiger partial charge in [-0.2, -0.15) is 0 Å². The lowest BCUT2D eigenvalue weighted by Gasteiger charge is -2.28. The molecule has 2 unspecified atom stereocenters. The highest BCUT2D eigenvalue weighted by molar-refractivity contribution is 7.92. The van der Waals surface area contributed by atoms with E-state index < -0.39 is 14.6 Å². The first-order valence-electron chi connectivity index (χ1n) is 6.42. The molecule has 0 amide bonds. The van der Waals surface area contributed by atoms with E-state index in [0.717, 1.165) is 6.42 Å². The molecule has 104 valence electrons. The fourth-order valence-corrected chi connectivity index (χ4v) is 3.17. The van der Waals surface area contributed by atoms with Crippen molar-refractivity contribution < 1.29 is 8.42 Å². The summed E-state index contributed by atoms with van der Waals surface area (Å²) >= 11 is 0. The second kappa shape index (κ2) is 6.19. The van der Waals surface area contributed by atoms with Crippen molar-refractivity contribution in [3.05, 3.63) is 0 Å². The van der Waals surface area contributed by atoms with Crippen molar-refractivity contribution in [3.8, 4) is 0 Å². The first kappa shape index (κ1) is 16.9. The van der Waals surface area contributed by atoms with Crippen molar-refractivity contribution in [3.63, 3.8) is 0 Å². The molecule has 0 saturated heterocycles. The van der Waals surface area contributed by atoms with Crippen LogP contribution in [0.2, 0.25) is 0 Å². The second-order valence-corrected chi connectivity index (χ2v) is 9.07. The highest BCUT2D eigenvalue weighted by Crippen LogP contribution is 2.24. The van der Waals surface area contributed by atoms with Crippen LogP contribution >= 0.6 is 0 Å². The molecular formula is C13H29NO2S. The van der Waals surface area contributed by atoms with Crippen molar-refractivity contribution in [1.29, 1.82) is 0 Å². The van der Waals surface area contributed by atoms with E-state index in [1.54, 1.807) is 20.8 Å². The van der Waals surface area contributed by atoms with Crippen LogP contribution in [0, 0.1) is 11.8 Å². The van der Waals surface area contributed by atoms with Gasteiger partial charge >= 0.3 is 0 Å². The van der Waals surface area contributed by atoms with Crippen LogP contribution in [-0.4, -0.2) is 32.0 Å². The molecule has 0 heterocycles. The Morgan fingerprint density at radius 3 is 1.88 bits per heavy atom. The molecule has 1 N–H and O–H groups in total. The maximum absolute atomic E-state index is 12.1. The van der Waals surface area contributed by atoms with E-state index in [1.165, 1.54) is 0 Å². The fourth-order valence-electron chi connectivity index (χ4n) is 1.97. The minimum absolute atomic E-state index is 0.283. The number of nitrogens with one attached hydrogen (secondary N) is 1. The molecule has 17 heavy (non-hydrogen) atoms. The number of hydrogen-bond donors (Lipinski definition) is 1. The van der Waals surface area contributed by atoms with Gasteiger partial charge in [0.25, 0.3) is 0 Å². The van der Waals surface area contributed by atoms with E-state index in [0.29, 0.717) is 17.9 Å². The maximum Gasteiger partial charge on any atom is 0.155 e. The Morgan fingerprint density at radius 1 is 1.12 bits per heavy atom. The van der Waals surface area contributed by atoms with E-state index in [2.05, 4.69) is 26.1 Å². The van der Waals surface area contributed by atoms with Gasteiger partial charge in [-0.15, -0.1) is 0 Å². The predicted octanol–water partition coefficient (Wildman–Crippen LogP) is 2.47. The summed E-state index contributed by atoms with van der Waals surface area (Å²) in [4.78, 5) is 0. The van der Waals surface area contributed by atoms with Crippen LogP contribution in [0.1, 0.15) is 48.0 Å². The summed E-state index contributed by atoms with van der Waals surface area (Å²) in [5, 5.41) is 3.23. The number of rotatable bonds is 6. The third-order valence-electron chi connectivity index (χ3n) is 3.61. The van der Waals surface area contributed by atoms with Crippen LogP contribution in [0.25, 0.3) is 0 Å². The summed E-state index contributed by atoms with van der Waals surface area (Å²) < 4.78 is 23.5. The Morgan fingerprint density at radius 2 is 1.59 bits per heavy atom. The van der Waals surface area contributed by atoms with Gasteiger partial charge < -0.3 is 5.32 Å². The summed E-state index contributed by atoms with van der Waals surface area (Å²) in [6, 6.07) is 0.352. The van der Waals surface area contributed by atoms with Gasteiger partial charge in [-0.25, -0.2) is 8.42 Å². The Bertz CT molecular complexity index is 315. The second-order valence-electron chi connectivity index (χ2n) is 6.21. The molecule has 0 aromatic heterocycles. The van der Waals surface area contributed by atoms with Crippen LogP contribution in [0.15, 0.2) is 0 Å². The smallest absolute Gasteiger partial charge is 0.155 e. The van der Waals surface area contributed by atoms with E-state index in [1.807, 2.05) is 7.05 Å². The zero-order chi connectivity index (χ0) is 13.9. The highest BCUT2D eigenvalue weighted by Gasteiger charge is 2.30. The van der Waals surface area contributed by atoms with Crippen molar-refractivity contribution in [2.75, 3.05) is 12.8 Å². The van der Waals surface area contributed by atoms with Crippen LogP contribution < -0.4 is 5.32 Å². The van der Waals surface area contributed by atoms with Crippen molar-refractivity contribution in [2.24, 2.45) is 11.8 Å². The zero-order valence-electron chi connectivity index (χ0n) is 12.4. The Kier molecular flexibility index (Phi) is 6.15. The Hall–Kier alpha value is -0.0900. The zero-order valence-corrected chi connectivity index (χ0v) is 13.2. The molecule has 3 nitrogen and oxygen atoms in total. The van der Waals surface area contributed by atoms with Crippen LogP contribution in [0.3, 0.4) is 0 Å². The fraction of sp³-hybridized carbons (Fsp3) is 1.00. The van der Waals surface area contributed by atoms with Gasteiger partial charge in [0.2, 0.25) is 0 Å². The molecule has 4 heteroatoms. The van der Waals surface area contributed by atoms with Crippen molar-refractivity contribution >= 4 is 9.84 Å². The molecule has 0 aromatic rings. The average molecular weight is 263 g/mol. The molecule has 0 aliphatic carbocycles. The van der Waals surface area contributed by atoms with Crippen molar-refractivity contribution in [2.45, 2.75) is 58.8 Å². The van der Waals surface area contributed by atoms with Gasteiger partial charge in [-0.1, -0.05) is 13.8 Å². The molecule has 2 atom stereocenters. The first-order chi connectivity index (χ1) is 7.53. The maximum atomic E-state index is 12.1. The highest BCUT2D eigenvalue weighted by atomic mass is 32.2. The third kappa shape index (κ3) is 4.96. The van der Waals surface area contributed by atoms with E-state index >= 15 is 0 Å². The molecule has 0 spiro atoms. The summed E-state index contributed by atoms with van der Waals surface area (Å²) in [7, 11) is -1.07. The molecular weight excluding hydrogens is 234 g/mol. The minimum atomic E-state index is -3.00. The molecule has 0 radical (unpaired) electrons. The summed E-state index contributed by atoms with van der Waals surface area (Å²) in [5.41, 5.74) is 0. The summed E-state index contributed by atoms with van der Waals surface area (Å²) in [6.07, 6.45) is 0.735. The molecule has 0 fully saturated rings. The quantitative estimate of drug-likeness (QED) is 0.801. The lowest BCUT2D eigenvalue weighted by Crippen LogP contribution is -2.37. The van der Waals surface area contributed by atoms with Gasteiger partial charge in [0.15, 0.2) is 9.84 Å². The van der Waals surface area contributed by atoms with Crippen LogP contribution in [0.4, 0.5) is 0 Å². The topological polar surface area (TPSA) is 46.2 Å². The molecule has 0 aliphatic rings. The molecule has 0 aliphatic heterocycles. The van der Waals surface area contributed by atoms with Gasteiger partial charge in [-0.3, -0.25) is 0 Å². The molecule has 0 aromatic carbocycles. The molecule has 0 rings (SSSR count). The molecule has 0 saturated carbocycles. The van der Waals surface area contributed by atoms with E-state index in [-0.39, 0.29) is 5.75 Å². The average Bonchev–Trinajstić information content (AvgIpc) is 2.15. The Balaban J connectivity index is 4.63. The lowest BCUT2D eigenvalue weighted by molar-refractivity contribution is 0.293. The number of hydrogen-bond acceptors (Lipinski definition) is 3. The van der Waals surface area contributed by atoms with Gasteiger partial charge in [0.1, 0.15) is 0 Å². The largest absolute Gasteiger partial charge is 0.317 e. The van der Waals surface area contributed by atoms with Crippen LogP contribution in [-0.2, 0) is 9.84 Å². The molecule has 0 bridgehead atoms. The van der Waals surface area contributed by atoms with Crippen molar-refractivity contribution in [1.82, 2.24) is 5.32 Å². The van der Waals surface area contributed by atoms with Crippen LogP contribution in [0.5, 0.6) is 0 Å².